The molecule has 1 aliphatic carbocycles. The lowest BCUT2D eigenvalue weighted by Crippen LogP contribution is -1.76. The summed E-state index contributed by atoms with van der Waals surface area (Å²) in [5, 5.41) is 1.02. The van der Waals surface area contributed by atoms with Crippen LogP contribution in [0.4, 0.5) is 0 Å². The fourth-order valence-corrected chi connectivity index (χ4v) is 1.34. The molecular formula is C7H11Br. The molecule has 0 saturated heterocycles. The predicted molar refractivity (Wildman–Crippen MR) is 40.3 cm³/mol. The molecule has 1 rings (SSSR count). The average Bonchev–Trinajstić information content (AvgIpc) is 2.45. The van der Waals surface area contributed by atoms with Crippen LogP contribution in [0.1, 0.15) is 19.8 Å². The first-order valence-electron chi connectivity index (χ1n) is 3.07. The Labute approximate surface area is 59.1 Å². The van der Waals surface area contributed by atoms with E-state index in [0.29, 0.717) is 0 Å². The Morgan fingerprint density at radius 2 is 2.38 bits per heavy atom. The van der Waals surface area contributed by atoms with Crippen molar-refractivity contribution in [1.82, 2.24) is 0 Å². The minimum absolute atomic E-state index is 0.951. The zero-order valence-corrected chi connectivity index (χ0v) is 6.74. The Morgan fingerprint density at radius 3 is 2.75 bits per heavy atom. The molecule has 0 radical (unpaired) electrons. The zero-order valence-electron chi connectivity index (χ0n) is 5.15. The first-order chi connectivity index (χ1) is 3.84. The van der Waals surface area contributed by atoms with Crippen molar-refractivity contribution in [3.8, 4) is 0 Å². The van der Waals surface area contributed by atoms with Crippen LogP contribution in [-0.4, -0.2) is 5.33 Å². The van der Waals surface area contributed by atoms with Crippen molar-refractivity contribution < 1.29 is 0 Å². The first kappa shape index (κ1) is 6.34. The maximum atomic E-state index is 3.37. The molecule has 0 aromatic carbocycles. The van der Waals surface area contributed by atoms with E-state index < -0.39 is 0 Å². The van der Waals surface area contributed by atoms with Gasteiger partial charge in [0.15, 0.2) is 0 Å². The molecule has 0 bridgehead atoms. The van der Waals surface area contributed by atoms with Gasteiger partial charge in [-0.2, -0.15) is 0 Å². The molecule has 0 aliphatic heterocycles. The Hall–Kier alpha value is 0.220. The van der Waals surface area contributed by atoms with E-state index in [1.54, 1.807) is 5.57 Å². The topological polar surface area (TPSA) is 0 Å². The van der Waals surface area contributed by atoms with Crippen molar-refractivity contribution >= 4 is 15.9 Å². The highest BCUT2D eigenvalue weighted by atomic mass is 79.9. The second kappa shape index (κ2) is 2.67. The van der Waals surface area contributed by atoms with Crippen LogP contribution in [-0.2, 0) is 0 Å². The Kier molecular flexibility index (Phi) is 2.12. The second-order valence-corrected chi connectivity index (χ2v) is 3.02. The van der Waals surface area contributed by atoms with Crippen molar-refractivity contribution in [2.24, 2.45) is 5.92 Å². The van der Waals surface area contributed by atoms with E-state index in [1.165, 1.54) is 12.8 Å². The molecule has 46 valence electrons. The summed E-state index contributed by atoms with van der Waals surface area (Å²) in [4.78, 5) is 0. The van der Waals surface area contributed by atoms with Gasteiger partial charge in [-0.25, -0.2) is 0 Å². The third-order valence-electron chi connectivity index (χ3n) is 1.62. The van der Waals surface area contributed by atoms with Gasteiger partial charge in [0.2, 0.25) is 0 Å². The van der Waals surface area contributed by atoms with Crippen LogP contribution in [0.3, 0.4) is 0 Å². The minimum Gasteiger partial charge on any atom is -0.0883 e. The number of allylic oxidation sites excluding steroid dienone is 2. The quantitative estimate of drug-likeness (QED) is 0.447. The maximum absolute atomic E-state index is 3.37. The van der Waals surface area contributed by atoms with Crippen molar-refractivity contribution in [3.05, 3.63) is 11.6 Å². The Balaban J connectivity index is 2.31. The van der Waals surface area contributed by atoms with Gasteiger partial charge in [-0.1, -0.05) is 27.6 Å². The summed E-state index contributed by atoms with van der Waals surface area (Å²) in [5.74, 6) is 0.951. The third-order valence-corrected chi connectivity index (χ3v) is 1.94. The largest absolute Gasteiger partial charge is 0.0883 e. The van der Waals surface area contributed by atoms with Gasteiger partial charge in [-0.05, 0) is 25.7 Å². The first-order valence-corrected chi connectivity index (χ1v) is 4.19. The summed E-state index contributed by atoms with van der Waals surface area (Å²) in [6.45, 7) is 2.22. The second-order valence-electron chi connectivity index (χ2n) is 2.38. The molecule has 0 N–H and O–H groups in total. The third kappa shape index (κ3) is 1.62. The van der Waals surface area contributed by atoms with Crippen LogP contribution < -0.4 is 0 Å². The lowest BCUT2D eigenvalue weighted by atomic mass is 10.2. The Morgan fingerprint density at radius 1 is 1.75 bits per heavy atom. The molecule has 0 spiro atoms. The highest BCUT2D eigenvalue weighted by Gasteiger charge is 2.22. The van der Waals surface area contributed by atoms with Crippen molar-refractivity contribution in [1.29, 1.82) is 0 Å². The monoisotopic (exact) mass is 174 g/mol. The van der Waals surface area contributed by atoms with Crippen LogP contribution in [0.2, 0.25) is 0 Å². The van der Waals surface area contributed by atoms with Gasteiger partial charge in [0.25, 0.3) is 0 Å². The summed E-state index contributed by atoms with van der Waals surface area (Å²) < 4.78 is 0. The SMILES string of the molecule is C/C(=C\CBr)C1CC1. The van der Waals surface area contributed by atoms with Gasteiger partial charge < -0.3 is 0 Å². The van der Waals surface area contributed by atoms with Gasteiger partial charge in [-0.15, -0.1) is 0 Å². The van der Waals surface area contributed by atoms with Crippen LogP contribution in [0.5, 0.6) is 0 Å². The number of halogens is 1. The summed E-state index contributed by atoms with van der Waals surface area (Å²) in [7, 11) is 0. The van der Waals surface area contributed by atoms with Crippen molar-refractivity contribution in [2.75, 3.05) is 5.33 Å². The minimum atomic E-state index is 0.951. The van der Waals surface area contributed by atoms with Crippen LogP contribution >= 0.6 is 15.9 Å². The molecule has 0 heterocycles. The molecule has 1 fully saturated rings. The number of alkyl halides is 1. The maximum Gasteiger partial charge on any atom is 0.0214 e. The van der Waals surface area contributed by atoms with E-state index >= 15 is 0 Å². The standard InChI is InChI=1S/C7H11Br/c1-6(4-5-8)7-2-3-7/h4,7H,2-3,5H2,1H3/b6-4+. The summed E-state index contributed by atoms with van der Waals surface area (Å²) in [6.07, 6.45) is 5.11. The molecule has 0 nitrogen and oxygen atoms in total. The lowest BCUT2D eigenvalue weighted by Gasteiger charge is -1.90. The molecule has 1 aliphatic rings. The van der Waals surface area contributed by atoms with E-state index in [2.05, 4.69) is 28.9 Å². The highest BCUT2D eigenvalue weighted by molar-refractivity contribution is 9.09. The van der Waals surface area contributed by atoms with E-state index in [1.807, 2.05) is 0 Å². The van der Waals surface area contributed by atoms with Gasteiger partial charge >= 0.3 is 0 Å². The fraction of sp³-hybridized carbons (Fsp3) is 0.714. The van der Waals surface area contributed by atoms with Crippen LogP contribution in [0, 0.1) is 5.92 Å². The fourth-order valence-electron chi connectivity index (χ4n) is 0.827. The van der Waals surface area contributed by atoms with Gasteiger partial charge in [0.1, 0.15) is 0 Å². The van der Waals surface area contributed by atoms with Crippen LogP contribution in [0.25, 0.3) is 0 Å². The molecule has 0 aromatic rings. The van der Waals surface area contributed by atoms with E-state index in [0.717, 1.165) is 11.2 Å². The van der Waals surface area contributed by atoms with Crippen molar-refractivity contribution in [2.45, 2.75) is 19.8 Å². The average molecular weight is 175 g/mol. The predicted octanol–water partition coefficient (Wildman–Crippen LogP) is 2.74. The smallest absolute Gasteiger partial charge is 0.0214 e. The zero-order chi connectivity index (χ0) is 5.98. The highest BCUT2D eigenvalue weighted by Crippen LogP contribution is 2.35. The van der Waals surface area contributed by atoms with E-state index in [4.69, 9.17) is 0 Å². The molecule has 1 heteroatoms. The van der Waals surface area contributed by atoms with Gasteiger partial charge in [-0.3, -0.25) is 0 Å². The Bertz CT molecular complexity index is 101. The number of hydrogen-bond acceptors (Lipinski definition) is 0. The summed E-state index contributed by atoms with van der Waals surface area (Å²) >= 11 is 3.37. The normalized spacial score (nSPS) is 21.5. The molecule has 1 saturated carbocycles. The molecule has 8 heavy (non-hydrogen) atoms. The molecule has 0 unspecified atom stereocenters. The van der Waals surface area contributed by atoms with E-state index in [-0.39, 0.29) is 0 Å². The number of hydrogen-bond donors (Lipinski definition) is 0. The van der Waals surface area contributed by atoms with Crippen LogP contribution in [0.15, 0.2) is 11.6 Å². The van der Waals surface area contributed by atoms with E-state index in [9.17, 15) is 0 Å². The summed E-state index contributed by atoms with van der Waals surface area (Å²) in [6, 6.07) is 0. The molecular weight excluding hydrogens is 164 g/mol. The molecule has 0 amide bonds. The molecule has 0 aromatic heterocycles. The summed E-state index contributed by atoms with van der Waals surface area (Å²) in [5.41, 5.74) is 1.57. The van der Waals surface area contributed by atoms with Crippen molar-refractivity contribution in [3.63, 3.8) is 0 Å². The molecule has 0 atom stereocenters. The number of rotatable bonds is 2. The van der Waals surface area contributed by atoms with Gasteiger partial charge in [0, 0.05) is 5.33 Å². The lowest BCUT2D eigenvalue weighted by molar-refractivity contribution is 1.00. The van der Waals surface area contributed by atoms with Gasteiger partial charge in [0.05, 0.1) is 0 Å².